The number of esters is 1. The summed E-state index contributed by atoms with van der Waals surface area (Å²) in [6.07, 6.45) is 0.647. The highest BCUT2D eigenvalue weighted by atomic mass is 16.6. The maximum atomic E-state index is 11.8. The lowest BCUT2D eigenvalue weighted by Crippen LogP contribution is -2.18. The van der Waals surface area contributed by atoms with Gasteiger partial charge in [0, 0.05) is 0 Å². The molecule has 0 fully saturated rings. The van der Waals surface area contributed by atoms with Crippen molar-refractivity contribution in [1.29, 1.82) is 0 Å². The Kier molecular flexibility index (Phi) is 4.72. The van der Waals surface area contributed by atoms with Crippen molar-refractivity contribution in [2.75, 3.05) is 6.61 Å². The minimum atomic E-state index is -0.551. The van der Waals surface area contributed by atoms with Crippen LogP contribution < -0.4 is 9.47 Å². The third-order valence-electron chi connectivity index (χ3n) is 3.17. The normalized spacial score (nSPS) is 10.0. The van der Waals surface area contributed by atoms with Crippen molar-refractivity contribution in [3.05, 3.63) is 59.2 Å². The van der Waals surface area contributed by atoms with Crippen molar-refractivity contribution in [2.24, 2.45) is 0 Å². The number of rotatable bonds is 5. The summed E-state index contributed by atoms with van der Waals surface area (Å²) in [6, 6.07) is 12.2. The van der Waals surface area contributed by atoms with Gasteiger partial charge in [-0.05, 0) is 43.2 Å². The zero-order chi connectivity index (χ0) is 15.2. The zero-order valence-corrected chi connectivity index (χ0v) is 12.0. The van der Waals surface area contributed by atoms with Gasteiger partial charge in [0.05, 0.1) is 5.56 Å². The zero-order valence-electron chi connectivity index (χ0n) is 12.0. The first-order chi connectivity index (χ1) is 10.1. The topological polar surface area (TPSA) is 52.6 Å². The maximum absolute atomic E-state index is 11.8. The van der Waals surface area contributed by atoms with E-state index >= 15 is 0 Å². The number of carbonyl (C=O) groups excluding carboxylic acids is 2. The first-order valence-corrected chi connectivity index (χ1v) is 6.55. The van der Waals surface area contributed by atoms with Gasteiger partial charge in [0.1, 0.15) is 11.5 Å². The number of carbonyl (C=O) groups is 2. The fourth-order valence-electron chi connectivity index (χ4n) is 1.84. The molecule has 108 valence electrons. The molecule has 4 nitrogen and oxygen atoms in total. The van der Waals surface area contributed by atoms with Crippen LogP contribution in [0, 0.1) is 13.8 Å². The van der Waals surface area contributed by atoms with Gasteiger partial charge in [-0.25, -0.2) is 4.79 Å². The Morgan fingerprint density at radius 3 is 2.52 bits per heavy atom. The largest absolute Gasteiger partial charge is 0.482 e. The first-order valence-electron chi connectivity index (χ1n) is 6.55. The Morgan fingerprint density at radius 1 is 1.05 bits per heavy atom. The van der Waals surface area contributed by atoms with Crippen LogP contribution in [0.1, 0.15) is 21.5 Å². The highest BCUT2D eigenvalue weighted by Gasteiger charge is 2.10. The number of hydrogen-bond acceptors (Lipinski definition) is 4. The van der Waals surface area contributed by atoms with Crippen LogP contribution in [0.25, 0.3) is 0 Å². The number of benzene rings is 2. The van der Waals surface area contributed by atoms with Crippen molar-refractivity contribution in [3.63, 3.8) is 0 Å². The number of aldehydes is 1. The van der Waals surface area contributed by atoms with Crippen LogP contribution in [0.2, 0.25) is 0 Å². The molecule has 0 bridgehead atoms. The van der Waals surface area contributed by atoms with Crippen LogP contribution in [0.5, 0.6) is 11.5 Å². The molecule has 0 aliphatic heterocycles. The third-order valence-corrected chi connectivity index (χ3v) is 3.17. The Bertz CT molecular complexity index is 662. The lowest BCUT2D eigenvalue weighted by Gasteiger charge is -2.11. The molecule has 2 rings (SSSR count). The standard InChI is InChI=1S/C17H16O4/c1-12-6-5-9-15(13(12)2)20-11-17(19)21-16-8-4-3-7-14(16)10-18/h3-10H,11H2,1-2H3. The molecule has 0 atom stereocenters. The number of hydrogen-bond donors (Lipinski definition) is 0. The van der Waals surface area contributed by atoms with Crippen molar-refractivity contribution in [2.45, 2.75) is 13.8 Å². The molecule has 0 amide bonds. The minimum absolute atomic E-state index is 0.211. The second kappa shape index (κ2) is 6.70. The van der Waals surface area contributed by atoms with Gasteiger partial charge in [-0.3, -0.25) is 4.79 Å². The second-order valence-electron chi connectivity index (χ2n) is 4.62. The smallest absolute Gasteiger partial charge is 0.349 e. The van der Waals surface area contributed by atoms with Crippen molar-refractivity contribution in [3.8, 4) is 11.5 Å². The Labute approximate surface area is 123 Å². The number of aryl methyl sites for hydroxylation is 1. The lowest BCUT2D eigenvalue weighted by molar-refractivity contribution is -0.136. The quantitative estimate of drug-likeness (QED) is 0.481. The van der Waals surface area contributed by atoms with E-state index in [0.29, 0.717) is 17.6 Å². The number of para-hydroxylation sites is 1. The Balaban J connectivity index is 1.99. The lowest BCUT2D eigenvalue weighted by atomic mass is 10.1. The van der Waals surface area contributed by atoms with E-state index < -0.39 is 5.97 Å². The average molecular weight is 284 g/mol. The van der Waals surface area contributed by atoms with Gasteiger partial charge in [-0.1, -0.05) is 24.3 Å². The van der Waals surface area contributed by atoms with Gasteiger partial charge < -0.3 is 9.47 Å². The molecule has 4 heteroatoms. The summed E-state index contributed by atoms with van der Waals surface area (Å²) in [6.45, 7) is 3.69. The van der Waals surface area contributed by atoms with Crippen LogP contribution in [0.3, 0.4) is 0 Å². The second-order valence-corrected chi connectivity index (χ2v) is 4.62. The predicted molar refractivity (Wildman–Crippen MR) is 78.9 cm³/mol. The van der Waals surface area contributed by atoms with E-state index in [4.69, 9.17) is 9.47 Å². The molecule has 21 heavy (non-hydrogen) atoms. The van der Waals surface area contributed by atoms with Crippen LogP contribution in [0.4, 0.5) is 0 Å². The van der Waals surface area contributed by atoms with Gasteiger partial charge in [-0.15, -0.1) is 0 Å². The third kappa shape index (κ3) is 3.69. The minimum Gasteiger partial charge on any atom is -0.482 e. The van der Waals surface area contributed by atoms with Crippen molar-refractivity contribution >= 4 is 12.3 Å². The molecule has 0 saturated carbocycles. The molecule has 0 heterocycles. The molecule has 2 aromatic rings. The SMILES string of the molecule is Cc1cccc(OCC(=O)Oc2ccccc2C=O)c1C. The summed E-state index contributed by atoms with van der Waals surface area (Å²) in [5.41, 5.74) is 2.41. The molecule has 0 spiro atoms. The number of ether oxygens (including phenoxy) is 2. The molecule has 0 aliphatic rings. The van der Waals surface area contributed by atoms with Crippen molar-refractivity contribution in [1.82, 2.24) is 0 Å². The van der Waals surface area contributed by atoms with Gasteiger partial charge >= 0.3 is 5.97 Å². The molecule has 0 aliphatic carbocycles. The highest BCUT2D eigenvalue weighted by molar-refractivity contribution is 5.82. The monoisotopic (exact) mass is 284 g/mol. The summed E-state index contributed by atoms with van der Waals surface area (Å²) in [7, 11) is 0. The highest BCUT2D eigenvalue weighted by Crippen LogP contribution is 2.21. The van der Waals surface area contributed by atoms with Crippen LogP contribution in [0.15, 0.2) is 42.5 Å². The molecule has 0 radical (unpaired) electrons. The summed E-state index contributed by atoms with van der Waals surface area (Å²) >= 11 is 0. The summed E-state index contributed by atoms with van der Waals surface area (Å²) in [5.74, 6) is 0.336. The molecule has 0 aromatic heterocycles. The van der Waals surface area contributed by atoms with E-state index in [0.717, 1.165) is 11.1 Å². The van der Waals surface area contributed by atoms with Gasteiger partial charge in [0.15, 0.2) is 12.9 Å². The van der Waals surface area contributed by atoms with Gasteiger partial charge in [-0.2, -0.15) is 0 Å². The average Bonchev–Trinajstić information content (AvgIpc) is 2.49. The molecule has 0 N–H and O–H groups in total. The van der Waals surface area contributed by atoms with E-state index in [-0.39, 0.29) is 12.4 Å². The van der Waals surface area contributed by atoms with Gasteiger partial charge in [0.25, 0.3) is 0 Å². The summed E-state index contributed by atoms with van der Waals surface area (Å²) in [5, 5.41) is 0. The van der Waals surface area contributed by atoms with Crippen LogP contribution >= 0.6 is 0 Å². The molecular formula is C17H16O4. The first kappa shape index (κ1) is 14.8. The molecule has 0 saturated heterocycles. The van der Waals surface area contributed by atoms with Crippen LogP contribution in [-0.2, 0) is 4.79 Å². The molecule has 0 unspecified atom stereocenters. The fraction of sp³-hybridized carbons (Fsp3) is 0.176. The van der Waals surface area contributed by atoms with E-state index in [1.807, 2.05) is 26.0 Å². The molecular weight excluding hydrogens is 268 g/mol. The summed E-state index contributed by atoms with van der Waals surface area (Å²) < 4.78 is 10.6. The fourth-order valence-corrected chi connectivity index (χ4v) is 1.84. The van der Waals surface area contributed by atoms with Crippen LogP contribution in [-0.4, -0.2) is 18.9 Å². The molecule has 2 aromatic carbocycles. The van der Waals surface area contributed by atoms with E-state index in [1.165, 1.54) is 0 Å². The predicted octanol–water partition coefficient (Wildman–Crippen LogP) is 3.10. The Hall–Kier alpha value is -2.62. The van der Waals surface area contributed by atoms with Gasteiger partial charge in [0.2, 0.25) is 0 Å². The van der Waals surface area contributed by atoms with Crippen molar-refractivity contribution < 1.29 is 19.1 Å². The van der Waals surface area contributed by atoms with E-state index in [9.17, 15) is 9.59 Å². The van der Waals surface area contributed by atoms with E-state index in [1.54, 1.807) is 30.3 Å². The maximum Gasteiger partial charge on any atom is 0.349 e. The summed E-state index contributed by atoms with van der Waals surface area (Å²) in [4.78, 5) is 22.6. The van der Waals surface area contributed by atoms with E-state index in [2.05, 4.69) is 0 Å². The Morgan fingerprint density at radius 2 is 1.76 bits per heavy atom.